The number of Topliss-reactive ketones (excluding diaryl/α,β-unsaturated/α-hetero) is 1. The van der Waals surface area contributed by atoms with Crippen molar-refractivity contribution in [3.8, 4) is 0 Å². The first kappa shape index (κ1) is 33.4. The largest absolute Gasteiger partial charge is 0.394 e. The van der Waals surface area contributed by atoms with Gasteiger partial charge in [0.2, 0.25) is 6.04 Å². The van der Waals surface area contributed by atoms with Crippen LogP contribution in [0.4, 0.5) is 0 Å². The maximum atomic E-state index is 14.5. The van der Waals surface area contributed by atoms with Crippen LogP contribution in [0, 0.1) is 44.1 Å². The Hall–Kier alpha value is -0.920. The summed E-state index contributed by atoms with van der Waals surface area (Å²) >= 11 is 0. The fourth-order valence-electron chi connectivity index (χ4n) is 10.5. The van der Waals surface area contributed by atoms with Crippen molar-refractivity contribution in [1.82, 2.24) is 0 Å². The number of hydrogen-bond acceptors (Lipinski definition) is 7. The van der Waals surface area contributed by atoms with E-state index in [4.69, 9.17) is 9.47 Å². The first-order valence-corrected chi connectivity index (χ1v) is 17.4. The van der Waals surface area contributed by atoms with Gasteiger partial charge in [-0.25, -0.2) is 0 Å². The molecule has 12 atom stereocenters. The predicted octanol–water partition coefficient (Wildman–Crippen LogP) is 6.24. The van der Waals surface area contributed by atoms with E-state index in [0.717, 1.165) is 51.4 Å². The third-order valence-electron chi connectivity index (χ3n) is 13.3. The summed E-state index contributed by atoms with van der Waals surface area (Å²) in [6.07, 6.45) is 10.8. The molecule has 4 aliphatic carbocycles. The Balaban J connectivity index is 1.34. The summed E-state index contributed by atoms with van der Waals surface area (Å²) in [5.74, 6) is 1.41. The quantitative estimate of drug-likeness (QED) is 0.103. The van der Waals surface area contributed by atoms with Crippen molar-refractivity contribution < 1.29 is 29.4 Å². The highest BCUT2D eigenvalue weighted by Gasteiger charge is 2.70. The summed E-state index contributed by atoms with van der Waals surface area (Å²) in [6.45, 7) is 12.8. The van der Waals surface area contributed by atoms with Gasteiger partial charge in [0.15, 0.2) is 6.29 Å². The smallest absolute Gasteiger partial charge is 0.220 e. The monoisotopic (exact) mass is 621 g/mol. The molecule has 4 unspecified atom stereocenters. The number of ether oxygens (including phenoxy) is 2. The van der Waals surface area contributed by atoms with E-state index in [2.05, 4.69) is 43.0 Å². The molecular formula is C34H56NO7P. The molecule has 3 saturated carbocycles. The summed E-state index contributed by atoms with van der Waals surface area (Å²) < 4.78 is 12.4. The molecule has 244 valence electrons. The van der Waals surface area contributed by atoms with E-state index < -0.39 is 34.6 Å². The Kier molecular flexibility index (Phi) is 9.11. The van der Waals surface area contributed by atoms with Gasteiger partial charge in [-0.1, -0.05) is 45.3 Å². The number of nitro groups is 1. The SMILES string of the molecule is CC(C)(O)CCCCC1CC[C@@]2(C)C3CC=C4C(CC[C@H](O[C@H]5C[C@@H]([N+](=O)[O-])C[C@@H](CO)O5)[C@@]4(C)P)[C@]3(C)C(=O)C[C@]12C. The average Bonchev–Trinajstić information content (AvgIpc) is 3.17. The molecular weight excluding hydrogens is 565 g/mol. The van der Waals surface area contributed by atoms with E-state index >= 15 is 0 Å². The zero-order chi connectivity index (χ0) is 31.6. The van der Waals surface area contributed by atoms with E-state index in [0.29, 0.717) is 24.0 Å². The minimum Gasteiger partial charge on any atom is -0.394 e. The van der Waals surface area contributed by atoms with Crippen LogP contribution in [-0.2, 0) is 14.3 Å². The van der Waals surface area contributed by atoms with Gasteiger partial charge in [-0.15, -0.1) is 9.24 Å². The zero-order valence-corrected chi connectivity index (χ0v) is 28.4. The number of rotatable bonds is 9. The normalized spacial score (nSPS) is 46.5. The van der Waals surface area contributed by atoms with E-state index in [-0.39, 0.29) is 47.2 Å². The number of aliphatic hydroxyl groups is 2. The van der Waals surface area contributed by atoms with Crippen LogP contribution >= 0.6 is 9.24 Å². The molecule has 0 aromatic rings. The van der Waals surface area contributed by atoms with Gasteiger partial charge in [0, 0.05) is 28.3 Å². The van der Waals surface area contributed by atoms with Gasteiger partial charge >= 0.3 is 0 Å². The van der Waals surface area contributed by atoms with Crippen LogP contribution in [0.3, 0.4) is 0 Å². The highest BCUT2D eigenvalue weighted by Crippen LogP contribution is 2.73. The lowest BCUT2D eigenvalue weighted by molar-refractivity contribution is -0.538. The van der Waals surface area contributed by atoms with Crippen molar-refractivity contribution in [2.75, 3.05) is 6.61 Å². The van der Waals surface area contributed by atoms with Crippen molar-refractivity contribution in [2.24, 2.45) is 34.0 Å². The third kappa shape index (κ3) is 5.68. The number of unbranched alkanes of at least 4 members (excludes halogenated alkanes) is 1. The highest BCUT2D eigenvalue weighted by atomic mass is 31.0. The second-order valence-electron chi connectivity index (χ2n) is 16.3. The van der Waals surface area contributed by atoms with E-state index in [1.54, 1.807) is 0 Å². The number of aliphatic hydroxyl groups excluding tert-OH is 1. The molecule has 0 amide bonds. The van der Waals surface area contributed by atoms with Crippen LogP contribution < -0.4 is 0 Å². The molecule has 9 heteroatoms. The van der Waals surface area contributed by atoms with Gasteiger partial charge in [0.1, 0.15) is 5.78 Å². The molecule has 0 bridgehead atoms. The minimum atomic E-state index is -0.789. The van der Waals surface area contributed by atoms with E-state index in [1.807, 2.05) is 13.8 Å². The Bertz CT molecular complexity index is 1120. The predicted molar refractivity (Wildman–Crippen MR) is 169 cm³/mol. The van der Waals surface area contributed by atoms with Crippen LogP contribution in [0.2, 0.25) is 0 Å². The molecule has 1 saturated heterocycles. The van der Waals surface area contributed by atoms with Gasteiger partial charge in [-0.3, -0.25) is 14.9 Å². The molecule has 8 nitrogen and oxygen atoms in total. The number of nitrogens with zero attached hydrogens (tertiary/aromatic N) is 1. The Labute approximate surface area is 260 Å². The topological polar surface area (TPSA) is 119 Å². The fourth-order valence-corrected chi connectivity index (χ4v) is 11.0. The standard InChI is InChI=1S/C34H56NO7P/c1-30(2,38)15-8-7-9-21-14-16-31(3)26-12-10-25-24(33(26,5)27(37)19-32(21,31)4)11-13-28(34(25,6)43)42-29-18-22(35(39)40)17-23(20-36)41-29/h10,21-24,26,28-29,36,38H,7-9,11-20,43H2,1-6H3/t21?,22-,23-,24?,26?,28-,29-,31-,32+,33-,34-/m0/s1. The molecule has 5 rings (SSSR count). The zero-order valence-electron chi connectivity index (χ0n) is 27.3. The van der Waals surface area contributed by atoms with Crippen LogP contribution in [0.1, 0.15) is 119 Å². The molecule has 4 fully saturated rings. The average molecular weight is 622 g/mol. The van der Waals surface area contributed by atoms with Crippen LogP contribution in [-0.4, -0.2) is 62.8 Å². The number of carbonyl (C=O) groups is 1. The van der Waals surface area contributed by atoms with E-state index in [9.17, 15) is 25.1 Å². The Morgan fingerprint density at radius 3 is 2.51 bits per heavy atom. The van der Waals surface area contributed by atoms with Gasteiger partial charge in [0.25, 0.3) is 0 Å². The molecule has 1 heterocycles. The highest BCUT2D eigenvalue weighted by molar-refractivity contribution is 7.19. The maximum absolute atomic E-state index is 14.5. The molecule has 0 spiro atoms. The van der Waals surface area contributed by atoms with Crippen molar-refractivity contribution >= 4 is 15.0 Å². The lowest BCUT2D eigenvalue weighted by Gasteiger charge is -2.64. The summed E-state index contributed by atoms with van der Waals surface area (Å²) in [5, 5.41) is 31.0. The summed E-state index contributed by atoms with van der Waals surface area (Å²) in [4.78, 5) is 25.8. The Morgan fingerprint density at radius 2 is 1.86 bits per heavy atom. The van der Waals surface area contributed by atoms with Crippen LogP contribution in [0.25, 0.3) is 0 Å². The molecule has 0 aromatic carbocycles. The van der Waals surface area contributed by atoms with Gasteiger partial charge < -0.3 is 19.7 Å². The fraction of sp³-hybridized carbons (Fsp3) is 0.912. The van der Waals surface area contributed by atoms with Crippen molar-refractivity contribution in [1.29, 1.82) is 0 Å². The van der Waals surface area contributed by atoms with Gasteiger partial charge in [0.05, 0.1) is 30.8 Å². The first-order valence-electron chi connectivity index (χ1n) is 16.8. The van der Waals surface area contributed by atoms with E-state index in [1.165, 1.54) is 12.0 Å². The first-order chi connectivity index (χ1) is 20.0. The maximum Gasteiger partial charge on any atom is 0.220 e. The van der Waals surface area contributed by atoms with Crippen molar-refractivity contribution in [2.45, 2.75) is 154 Å². The lowest BCUT2D eigenvalue weighted by Crippen LogP contribution is -2.63. The third-order valence-corrected chi connectivity index (χ3v) is 14.0. The van der Waals surface area contributed by atoms with Crippen LogP contribution in [0.5, 0.6) is 0 Å². The number of ketones is 1. The van der Waals surface area contributed by atoms with Crippen molar-refractivity contribution in [3.63, 3.8) is 0 Å². The summed E-state index contributed by atoms with van der Waals surface area (Å²) in [7, 11) is 3.02. The Morgan fingerprint density at radius 1 is 1.14 bits per heavy atom. The second-order valence-corrected chi connectivity index (χ2v) is 17.5. The van der Waals surface area contributed by atoms with Crippen LogP contribution in [0.15, 0.2) is 11.6 Å². The molecule has 0 radical (unpaired) electrons. The summed E-state index contributed by atoms with van der Waals surface area (Å²) in [5.41, 5.74) is 0.317. The van der Waals surface area contributed by atoms with Gasteiger partial charge in [-0.2, -0.15) is 0 Å². The molecule has 2 N–H and O–H groups in total. The molecule has 0 aromatic heterocycles. The molecule has 43 heavy (non-hydrogen) atoms. The minimum absolute atomic E-state index is 0.00592. The molecule has 5 aliphatic rings. The summed E-state index contributed by atoms with van der Waals surface area (Å²) in [6, 6.07) is -0.789. The van der Waals surface area contributed by atoms with Gasteiger partial charge in [-0.05, 0) is 94.3 Å². The number of allylic oxidation sites excluding steroid dienone is 1. The number of hydrogen-bond donors (Lipinski definition) is 2. The second kappa shape index (κ2) is 11.7. The number of carbonyl (C=O) groups excluding carboxylic acids is 1. The van der Waals surface area contributed by atoms with Crippen molar-refractivity contribution in [3.05, 3.63) is 21.8 Å². The molecule has 1 aliphatic heterocycles. The number of fused-ring (bicyclic) bond motifs is 5. The lowest BCUT2D eigenvalue weighted by atomic mass is 9.39.